The zero-order valence-corrected chi connectivity index (χ0v) is 17.4. The molecule has 8 heteroatoms. The quantitative estimate of drug-likeness (QED) is 0.759. The van der Waals surface area contributed by atoms with Crippen molar-refractivity contribution in [2.45, 2.75) is 20.0 Å². The molecule has 28 heavy (non-hydrogen) atoms. The third-order valence-electron chi connectivity index (χ3n) is 4.76. The highest BCUT2D eigenvalue weighted by Gasteiger charge is 2.23. The van der Waals surface area contributed by atoms with Gasteiger partial charge in [0, 0.05) is 49.0 Å². The van der Waals surface area contributed by atoms with Crippen molar-refractivity contribution in [1.29, 1.82) is 0 Å². The van der Waals surface area contributed by atoms with Crippen molar-refractivity contribution in [2.24, 2.45) is 0 Å². The van der Waals surface area contributed by atoms with Crippen LogP contribution in [0.2, 0.25) is 0 Å². The summed E-state index contributed by atoms with van der Waals surface area (Å²) >= 11 is 3.42. The fraction of sp³-hybridized carbons (Fsp3) is 0.400. The first-order chi connectivity index (χ1) is 13.5. The SMILES string of the molecule is CCOC(=O)N1CCN(Cc2ccn(Cc3cccc(Br)c3)c(=O)c2O)CC1. The number of pyridine rings is 1. The van der Waals surface area contributed by atoms with Crippen LogP contribution in [0, 0.1) is 0 Å². The molecule has 0 radical (unpaired) electrons. The number of hydrogen-bond acceptors (Lipinski definition) is 5. The Kier molecular flexibility index (Phi) is 6.74. The average Bonchev–Trinajstić information content (AvgIpc) is 2.68. The summed E-state index contributed by atoms with van der Waals surface area (Å²) in [5.74, 6) is -0.217. The van der Waals surface area contributed by atoms with Crippen molar-refractivity contribution >= 4 is 22.0 Å². The Balaban J connectivity index is 1.64. The lowest BCUT2D eigenvalue weighted by molar-refractivity contribution is 0.0776. The van der Waals surface area contributed by atoms with Gasteiger partial charge in [-0.25, -0.2) is 4.79 Å². The van der Waals surface area contributed by atoms with Crippen LogP contribution in [0.5, 0.6) is 5.75 Å². The van der Waals surface area contributed by atoms with Crippen LogP contribution in [-0.2, 0) is 17.8 Å². The lowest BCUT2D eigenvalue weighted by Gasteiger charge is -2.34. The van der Waals surface area contributed by atoms with Crippen LogP contribution in [0.3, 0.4) is 0 Å². The van der Waals surface area contributed by atoms with Crippen LogP contribution in [0.4, 0.5) is 4.79 Å². The Morgan fingerprint density at radius 2 is 1.93 bits per heavy atom. The van der Waals surface area contributed by atoms with Gasteiger partial charge >= 0.3 is 6.09 Å². The monoisotopic (exact) mass is 449 g/mol. The number of benzene rings is 1. The number of aromatic hydroxyl groups is 1. The maximum absolute atomic E-state index is 12.5. The first-order valence-electron chi connectivity index (χ1n) is 9.27. The average molecular weight is 450 g/mol. The molecule has 1 amide bonds. The molecular formula is C20H24BrN3O4. The topological polar surface area (TPSA) is 75.0 Å². The molecule has 1 fully saturated rings. The van der Waals surface area contributed by atoms with Gasteiger partial charge in [0.2, 0.25) is 0 Å². The molecule has 1 aromatic carbocycles. The predicted octanol–water partition coefficient (Wildman–Crippen LogP) is 2.64. The summed E-state index contributed by atoms with van der Waals surface area (Å²) in [5, 5.41) is 10.4. The molecule has 1 N–H and O–H groups in total. The highest BCUT2D eigenvalue weighted by molar-refractivity contribution is 9.10. The van der Waals surface area contributed by atoms with Crippen LogP contribution in [0.25, 0.3) is 0 Å². The van der Waals surface area contributed by atoms with E-state index in [0.717, 1.165) is 10.0 Å². The second kappa shape index (κ2) is 9.25. The molecule has 1 aliphatic rings. The normalized spacial score (nSPS) is 14.9. The molecular weight excluding hydrogens is 426 g/mol. The molecule has 0 aliphatic carbocycles. The summed E-state index contributed by atoms with van der Waals surface area (Å²) in [6.45, 7) is 5.48. The van der Waals surface area contributed by atoms with Gasteiger partial charge in [-0.15, -0.1) is 0 Å². The molecule has 0 bridgehead atoms. The van der Waals surface area contributed by atoms with E-state index in [0.29, 0.717) is 51.4 Å². The van der Waals surface area contributed by atoms with E-state index in [1.807, 2.05) is 24.3 Å². The summed E-state index contributed by atoms with van der Waals surface area (Å²) in [4.78, 5) is 28.1. The summed E-state index contributed by atoms with van der Waals surface area (Å²) in [6.07, 6.45) is 1.42. The van der Waals surface area contributed by atoms with Crippen molar-refractivity contribution < 1.29 is 14.6 Å². The Labute approximate surface area is 172 Å². The van der Waals surface area contributed by atoms with Crippen molar-refractivity contribution in [2.75, 3.05) is 32.8 Å². The summed E-state index contributed by atoms with van der Waals surface area (Å²) in [5.41, 5.74) is 1.17. The van der Waals surface area contributed by atoms with Crippen molar-refractivity contribution in [3.63, 3.8) is 0 Å². The Hall–Kier alpha value is -2.32. The number of carbonyl (C=O) groups excluding carboxylic acids is 1. The Bertz CT molecular complexity index is 891. The van der Waals surface area contributed by atoms with Crippen LogP contribution in [0.15, 0.2) is 45.8 Å². The smallest absolute Gasteiger partial charge is 0.409 e. The van der Waals surface area contributed by atoms with Gasteiger partial charge in [0.1, 0.15) is 0 Å². The standard InChI is InChI=1S/C20H24BrN3O4/c1-2-28-20(27)23-10-8-22(9-11-23)14-16-6-7-24(19(26)18(16)25)13-15-4-3-5-17(21)12-15/h3-7,12,25H,2,8-11,13-14H2,1H3. The van der Waals surface area contributed by atoms with Gasteiger partial charge < -0.3 is 19.3 Å². The summed E-state index contributed by atoms with van der Waals surface area (Å²) in [7, 11) is 0. The van der Waals surface area contributed by atoms with Gasteiger partial charge in [0.05, 0.1) is 13.2 Å². The molecule has 0 saturated carbocycles. The molecule has 3 rings (SSSR count). The highest BCUT2D eigenvalue weighted by Crippen LogP contribution is 2.17. The molecule has 0 spiro atoms. The predicted molar refractivity (Wildman–Crippen MR) is 109 cm³/mol. The zero-order valence-electron chi connectivity index (χ0n) is 15.8. The number of hydrogen-bond donors (Lipinski definition) is 1. The van der Waals surface area contributed by atoms with E-state index < -0.39 is 5.56 Å². The summed E-state index contributed by atoms with van der Waals surface area (Å²) in [6, 6.07) is 9.50. The van der Waals surface area contributed by atoms with Crippen LogP contribution < -0.4 is 5.56 Å². The van der Waals surface area contributed by atoms with Gasteiger partial charge in [0.15, 0.2) is 5.75 Å². The van der Waals surface area contributed by atoms with Gasteiger partial charge in [-0.05, 0) is 30.7 Å². The van der Waals surface area contributed by atoms with E-state index in [9.17, 15) is 14.7 Å². The Morgan fingerprint density at radius 3 is 2.61 bits per heavy atom. The number of carbonyl (C=O) groups is 1. The van der Waals surface area contributed by atoms with Crippen LogP contribution >= 0.6 is 15.9 Å². The van der Waals surface area contributed by atoms with E-state index >= 15 is 0 Å². The number of piperazine rings is 1. The molecule has 150 valence electrons. The van der Waals surface area contributed by atoms with E-state index in [1.54, 1.807) is 24.1 Å². The molecule has 7 nitrogen and oxygen atoms in total. The lowest BCUT2D eigenvalue weighted by Crippen LogP contribution is -2.48. The number of ether oxygens (including phenoxy) is 1. The minimum Gasteiger partial charge on any atom is -0.503 e. The maximum Gasteiger partial charge on any atom is 0.409 e. The van der Waals surface area contributed by atoms with Crippen LogP contribution in [-0.4, -0.2) is 58.4 Å². The third kappa shape index (κ3) is 4.94. The minimum absolute atomic E-state index is 0.217. The Morgan fingerprint density at radius 1 is 1.18 bits per heavy atom. The summed E-state index contributed by atoms with van der Waals surface area (Å²) < 4.78 is 7.47. The van der Waals surface area contributed by atoms with Crippen molar-refractivity contribution in [1.82, 2.24) is 14.4 Å². The van der Waals surface area contributed by atoms with Gasteiger partial charge in [-0.1, -0.05) is 28.1 Å². The number of nitrogens with zero attached hydrogens (tertiary/aromatic N) is 3. The van der Waals surface area contributed by atoms with Crippen molar-refractivity contribution in [3.05, 3.63) is 62.5 Å². The number of aromatic nitrogens is 1. The lowest BCUT2D eigenvalue weighted by atomic mass is 10.2. The number of amides is 1. The molecule has 0 atom stereocenters. The first-order valence-corrected chi connectivity index (χ1v) is 10.1. The highest BCUT2D eigenvalue weighted by atomic mass is 79.9. The van der Waals surface area contributed by atoms with E-state index in [-0.39, 0.29) is 11.8 Å². The molecule has 1 aromatic heterocycles. The minimum atomic E-state index is -0.400. The molecule has 2 aromatic rings. The first kappa shape index (κ1) is 20.4. The third-order valence-corrected chi connectivity index (χ3v) is 5.25. The number of rotatable bonds is 5. The van der Waals surface area contributed by atoms with Gasteiger partial charge in [-0.2, -0.15) is 0 Å². The van der Waals surface area contributed by atoms with E-state index in [1.165, 1.54) is 4.57 Å². The van der Waals surface area contributed by atoms with Gasteiger partial charge in [0.25, 0.3) is 5.56 Å². The zero-order chi connectivity index (χ0) is 20.1. The maximum atomic E-state index is 12.5. The van der Waals surface area contributed by atoms with Gasteiger partial charge in [-0.3, -0.25) is 9.69 Å². The largest absolute Gasteiger partial charge is 0.503 e. The second-order valence-electron chi connectivity index (χ2n) is 6.71. The number of halogens is 1. The second-order valence-corrected chi connectivity index (χ2v) is 7.63. The van der Waals surface area contributed by atoms with E-state index in [2.05, 4.69) is 20.8 Å². The molecule has 2 heterocycles. The fourth-order valence-corrected chi connectivity index (χ4v) is 3.67. The fourth-order valence-electron chi connectivity index (χ4n) is 3.23. The molecule has 0 unspecified atom stereocenters. The van der Waals surface area contributed by atoms with Crippen molar-refractivity contribution in [3.8, 4) is 5.75 Å². The molecule has 1 saturated heterocycles. The molecule has 1 aliphatic heterocycles. The van der Waals surface area contributed by atoms with Crippen LogP contribution in [0.1, 0.15) is 18.1 Å². The van der Waals surface area contributed by atoms with E-state index in [4.69, 9.17) is 4.74 Å².